The predicted molar refractivity (Wildman–Crippen MR) is 376 cm³/mol. The summed E-state index contributed by atoms with van der Waals surface area (Å²) in [6.45, 7) is 13.7. The molecule has 0 N–H and O–H groups in total. The van der Waals surface area contributed by atoms with Crippen LogP contribution >= 0.6 is 0 Å². The standard InChI is InChI=1S/C83H62N8/c1-82(2,3)61-36-42-68-63(48-61)64-49-62(83(4,5)6)37-43-69(64)87(68)79-65(51-84)78(56-30-20-11-21-31-56)76(88-70-40-34-59(54-26-16-9-17-27-54)46-74(70)90-72-44-57(52-22-12-7-13-23-52)32-38-66(72)85-80(88)90)50-77(79)89-71-41-35-60(55-28-18-10-19-29-55)47-75(71)91-73-45-58(53-24-14-8-15-25-53)33-39-67(73)86-81(89)91/h7-50H,1-6H3. The second-order valence-electron chi connectivity index (χ2n) is 26.2. The second-order valence-corrected chi connectivity index (χ2v) is 26.2. The highest BCUT2D eigenvalue weighted by Gasteiger charge is 2.32. The second kappa shape index (κ2) is 20.3. The molecule has 0 unspecified atom stereocenters. The largest absolute Gasteiger partial charge is 0.306 e. The first-order valence-corrected chi connectivity index (χ1v) is 31.3. The van der Waals surface area contributed by atoms with E-state index in [1.807, 2.05) is 0 Å². The van der Waals surface area contributed by atoms with Gasteiger partial charge in [0.1, 0.15) is 6.07 Å². The molecule has 17 rings (SSSR count). The van der Waals surface area contributed by atoms with Crippen molar-refractivity contribution in [2.75, 3.05) is 0 Å². The summed E-state index contributed by atoms with van der Waals surface area (Å²) >= 11 is 0. The molecule has 0 atom stereocenters. The zero-order valence-electron chi connectivity index (χ0n) is 51.5. The summed E-state index contributed by atoms with van der Waals surface area (Å²) in [6.07, 6.45) is 0. The lowest BCUT2D eigenvalue weighted by Gasteiger charge is -2.24. The van der Waals surface area contributed by atoms with Crippen molar-refractivity contribution in [2.24, 2.45) is 0 Å². The van der Waals surface area contributed by atoms with Crippen molar-refractivity contribution >= 4 is 77.5 Å². The fourth-order valence-corrected chi connectivity index (χ4v) is 14.0. The molecule has 0 aliphatic heterocycles. The molecule has 12 aromatic carbocycles. The Morgan fingerprint density at radius 2 is 0.659 bits per heavy atom. The van der Waals surface area contributed by atoms with E-state index in [-0.39, 0.29) is 10.8 Å². The van der Waals surface area contributed by atoms with E-state index in [1.54, 1.807) is 0 Å². The number of fused-ring (bicyclic) bond motifs is 13. The van der Waals surface area contributed by atoms with E-state index >= 15 is 0 Å². The Morgan fingerprint density at radius 1 is 0.308 bits per heavy atom. The fourth-order valence-electron chi connectivity index (χ4n) is 14.0. The van der Waals surface area contributed by atoms with Crippen molar-refractivity contribution in [2.45, 2.75) is 52.4 Å². The van der Waals surface area contributed by atoms with Crippen LogP contribution in [0.25, 0.3) is 150 Å². The molecule has 0 amide bonds. The topological polar surface area (TPSA) is 73.2 Å². The van der Waals surface area contributed by atoms with E-state index in [0.717, 1.165) is 144 Å². The van der Waals surface area contributed by atoms with Gasteiger partial charge in [-0.25, -0.2) is 9.97 Å². The van der Waals surface area contributed by atoms with Crippen LogP contribution < -0.4 is 0 Å². The number of nitriles is 1. The zero-order chi connectivity index (χ0) is 61.4. The third-order valence-electron chi connectivity index (χ3n) is 18.7. The molecule has 0 spiro atoms. The summed E-state index contributed by atoms with van der Waals surface area (Å²) in [6, 6.07) is 98.8. The van der Waals surface area contributed by atoms with Gasteiger partial charge in [-0.15, -0.1) is 0 Å². The number of imidazole rings is 4. The number of hydrogen-bond acceptors (Lipinski definition) is 3. The Bertz CT molecular complexity index is 5750. The smallest absolute Gasteiger partial charge is 0.220 e. The molecule has 17 aromatic rings. The van der Waals surface area contributed by atoms with E-state index in [9.17, 15) is 5.26 Å². The molecule has 0 aliphatic rings. The minimum atomic E-state index is -0.139. The molecule has 0 saturated carbocycles. The normalized spacial score (nSPS) is 12.3. The first kappa shape index (κ1) is 53.7. The van der Waals surface area contributed by atoms with E-state index in [2.05, 4.69) is 337 Å². The zero-order valence-corrected chi connectivity index (χ0v) is 51.5. The van der Waals surface area contributed by atoms with Crippen LogP contribution in [0.1, 0.15) is 58.2 Å². The van der Waals surface area contributed by atoms with Crippen LogP contribution in [0.2, 0.25) is 0 Å². The van der Waals surface area contributed by atoms with Gasteiger partial charge in [0.2, 0.25) is 11.6 Å². The van der Waals surface area contributed by atoms with Crippen LogP contribution in [-0.4, -0.2) is 32.5 Å². The molecular weight excluding hydrogens is 1110 g/mol. The molecular formula is C83H62N8. The van der Waals surface area contributed by atoms with Gasteiger partial charge < -0.3 is 4.57 Å². The molecule has 0 bridgehead atoms. The first-order chi connectivity index (χ1) is 44.4. The maximum absolute atomic E-state index is 12.8. The van der Waals surface area contributed by atoms with Crippen molar-refractivity contribution in [3.63, 3.8) is 0 Å². The SMILES string of the molecule is CC(C)(C)c1ccc2c(c1)c1cc(C(C)(C)C)ccc1n2-c1c(-n2c3ccc(-c4ccccc4)cc3n3c4cc(-c5ccccc5)ccc4nc23)cc(-n2c3ccc(-c4ccccc4)cc3n3c4cc(-c5ccccc5)ccc4nc23)c(-c2ccccc2)c1C#N. The Hall–Kier alpha value is -11.5. The molecule has 91 heavy (non-hydrogen) atoms. The summed E-state index contributed by atoms with van der Waals surface area (Å²) in [5.74, 6) is 1.43. The summed E-state index contributed by atoms with van der Waals surface area (Å²) < 4.78 is 11.7. The van der Waals surface area contributed by atoms with Gasteiger partial charge in [-0.2, -0.15) is 5.26 Å². The van der Waals surface area contributed by atoms with Crippen LogP contribution in [0.5, 0.6) is 0 Å². The maximum atomic E-state index is 12.8. The van der Waals surface area contributed by atoms with Crippen molar-refractivity contribution in [1.82, 2.24) is 32.5 Å². The minimum Gasteiger partial charge on any atom is -0.306 e. The lowest BCUT2D eigenvalue weighted by atomic mass is 9.85. The lowest BCUT2D eigenvalue weighted by molar-refractivity contribution is 0.590. The van der Waals surface area contributed by atoms with E-state index in [1.165, 1.54) is 11.1 Å². The van der Waals surface area contributed by atoms with Gasteiger partial charge >= 0.3 is 0 Å². The highest BCUT2D eigenvalue weighted by atomic mass is 15.2. The third-order valence-corrected chi connectivity index (χ3v) is 18.7. The van der Waals surface area contributed by atoms with Crippen molar-refractivity contribution in [3.8, 4) is 78.8 Å². The first-order valence-electron chi connectivity index (χ1n) is 31.3. The van der Waals surface area contributed by atoms with Gasteiger partial charge in [-0.1, -0.05) is 230 Å². The van der Waals surface area contributed by atoms with Gasteiger partial charge in [0.25, 0.3) is 0 Å². The summed E-state index contributed by atoms with van der Waals surface area (Å²) in [4.78, 5) is 11.4. The van der Waals surface area contributed by atoms with Crippen LogP contribution in [0.3, 0.4) is 0 Å². The Balaban J connectivity index is 1.08. The Kier molecular flexibility index (Phi) is 12.0. The molecule has 0 radical (unpaired) electrons. The van der Waals surface area contributed by atoms with Gasteiger partial charge in [-0.05, 0) is 151 Å². The summed E-state index contributed by atoms with van der Waals surface area (Å²) in [7, 11) is 0. The lowest BCUT2D eigenvalue weighted by Crippen LogP contribution is -2.12. The van der Waals surface area contributed by atoms with Crippen molar-refractivity contribution in [1.29, 1.82) is 5.26 Å². The van der Waals surface area contributed by atoms with Gasteiger partial charge in [0.05, 0.1) is 77.8 Å². The number of benzene rings is 12. The monoisotopic (exact) mass is 1170 g/mol. The number of hydrogen-bond donors (Lipinski definition) is 0. The van der Waals surface area contributed by atoms with E-state index in [0.29, 0.717) is 11.3 Å². The molecule has 5 heterocycles. The number of rotatable bonds is 8. The minimum absolute atomic E-state index is 0.139. The van der Waals surface area contributed by atoms with Crippen molar-refractivity contribution < 1.29 is 0 Å². The molecule has 0 aliphatic carbocycles. The Morgan fingerprint density at radius 3 is 1.04 bits per heavy atom. The summed E-state index contributed by atoms with van der Waals surface area (Å²) in [5.41, 5.74) is 24.9. The quantitative estimate of drug-likeness (QED) is 0.152. The van der Waals surface area contributed by atoms with Gasteiger partial charge in [-0.3, -0.25) is 17.9 Å². The number of aromatic nitrogens is 7. The predicted octanol–water partition coefficient (Wildman–Crippen LogP) is 21.1. The van der Waals surface area contributed by atoms with Crippen LogP contribution in [0, 0.1) is 11.3 Å². The van der Waals surface area contributed by atoms with Crippen LogP contribution in [0.4, 0.5) is 0 Å². The van der Waals surface area contributed by atoms with Crippen LogP contribution in [0.15, 0.2) is 267 Å². The molecule has 8 nitrogen and oxygen atoms in total. The number of nitrogens with zero attached hydrogens (tertiary/aromatic N) is 8. The maximum Gasteiger partial charge on any atom is 0.220 e. The molecule has 434 valence electrons. The highest BCUT2D eigenvalue weighted by Crippen LogP contribution is 2.48. The van der Waals surface area contributed by atoms with E-state index in [4.69, 9.17) is 9.97 Å². The molecule has 5 aromatic heterocycles. The summed E-state index contributed by atoms with van der Waals surface area (Å²) in [5, 5.41) is 15.1. The molecule has 0 saturated heterocycles. The average Bonchev–Trinajstić information content (AvgIpc) is 1.56. The van der Waals surface area contributed by atoms with Gasteiger partial charge in [0, 0.05) is 16.3 Å². The third kappa shape index (κ3) is 8.49. The molecule has 0 fully saturated rings. The van der Waals surface area contributed by atoms with E-state index < -0.39 is 0 Å². The average molecular weight is 1170 g/mol. The Labute approximate surface area is 527 Å². The van der Waals surface area contributed by atoms with Gasteiger partial charge in [0.15, 0.2) is 0 Å². The van der Waals surface area contributed by atoms with Crippen LogP contribution in [-0.2, 0) is 10.8 Å². The fraction of sp³-hybridized carbons (Fsp3) is 0.0964. The highest BCUT2D eigenvalue weighted by molar-refractivity contribution is 6.11. The molecule has 8 heteroatoms. The van der Waals surface area contributed by atoms with Crippen molar-refractivity contribution in [3.05, 3.63) is 284 Å².